The molecule has 2 heteroatoms. The smallest absolute Gasteiger partial charge is 0.0253 e. The van der Waals surface area contributed by atoms with Gasteiger partial charge in [0.15, 0.2) is 0 Å². The summed E-state index contributed by atoms with van der Waals surface area (Å²) in [5, 5.41) is 0. The van der Waals surface area contributed by atoms with Crippen molar-refractivity contribution < 1.29 is 0 Å². The van der Waals surface area contributed by atoms with Gasteiger partial charge in [0.05, 0.1) is 0 Å². The molecule has 0 spiro atoms. The van der Waals surface area contributed by atoms with E-state index in [-0.39, 0.29) is 10.8 Å². The summed E-state index contributed by atoms with van der Waals surface area (Å²) in [6, 6.07) is 4.73. The molecule has 18 heavy (non-hydrogen) atoms. The van der Waals surface area contributed by atoms with E-state index >= 15 is 0 Å². The molecule has 0 aromatic heterocycles. The van der Waals surface area contributed by atoms with Crippen molar-refractivity contribution in [2.24, 2.45) is 0 Å². The maximum absolute atomic E-state index is 3.81. The molecule has 0 saturated carbocycles. The second-order valence-corrected chi connectivity index (χ2v) is 8.59. The van der Waals surface area contributed by atoms with Crippen LogP contribution in [0, 0.1) is 0 Å². The summed E-state index contributed by atoms with van der Waals surface area (Å²) < 4.78 is 1.29. The molecule has 0 nitrogen and oxygen atoms in total. The van der Waals surface area contributed by atoms with E-state index in [4.69, 9.17) is 0 Å². The Hall–Kier alpha value is 0.0500. The number of halogens is 1. The number of hydrogen-bond donors (Lipinski definition) is 0. The van der Waals surface area contributed by atoms with Crippen molar-refractivity contribution in [3.05, 3.63) is 33.3 Å². The molecule has 0 unspecified atom stereocenters. The lowest BCUT2D eigenvalue weighted by Gasteiger charge is -2.28. The van der Waals surface area contributed by atoms with Crippen molar-refractivity contribution in [3.63, 3.8) is 0 Å². The van der Waals surface area contributed by atoms with E-state index in [0.29, 0.717) is 0 Å². The summed E-state index contributed by atoms with van der Waals surface area (Å²) in [4.78, 5) is 0. The van der Waals surface area contributed by atoms with E-state index in [1.54, 1.807) is 0 Å². The first kappa shape index (κ1) is 16.1. The molecule has 0 N–H and O–H groups in total. The molecule has 102 valence electrons. The summed E-state index contributed by atoms with van der Waals surface area (Å²) in [6.45, 7) is 13.7. The van der Waals surface area contributed by atoms with Crippen LogP contribution in [-0.2, 0) is 16.6 Å². The maximum atomic E-state index is 3.81. The second-order valence-electron chi connectivity index (χ2n) is 6.93. The van der Waals surface area contributed by atoms with Gasteiger partial charge in [0, 0.05) is 10.2 Å². The first-order valence-electron chi connectivity index (χ1n) is 6.39. The molecule has 0 fully saturated rings. The third-order valence-corrected chi connectivity index (χ3v) is 4.66. The van der Waals surface area contributed by atoms with Crippen molar-refractivity contribution in [3.8, 4) is 0 Å². The van der Waals surface area contributed by atoms with Gasteiger partial charge in [0.1, 0.15) is 0 Å². The van der Waals surface area contributed by atoms with Crippen LogP contribution in [0.3, 0.4) is 0 Å². The highest BCUT2D eigenvalue weighted by Gasteiger charge is 2.23. The Morgan fingerprint density at radius 3 is 1.94 bits per heavy atom. The Labute approximate surface area is 125 Å². The maximum Gasteiger partial charge on any atom is 0.0253 e. The van der Waals surface area contributed by atoms with Gasteiger partial charge in [-0.2, -0.15) is 11.8 Å². The lowest BCUT2D eigenvalue weighted by atomic mass is 9.80. The second kappa shape index (κ2) is 5.58. The number of rotatable bonds is 2. The van der Waals surface area contributed by atoms with E-state index < -0.39 is 0 Å². The topological polar surface area (TPSA) is 0 Å². The Morgan fingerprint density at radius 1 is 1.00 bits per heavy atom. The first-order chi connectivity index (χ1) is 8.07. The molecular formula is C16H25BrS. The Bertz CT molecular complexity index is 422. The summed E-state index contributed by atoms with van der Waals surface area (Å²) in [7, 11) is 0. The van der Waals surface area contributed by atoms with Gasteiger partial charge in [-0.1, -0.05) is 69.6 Å². The van der Waals surface area contributed by atoms with E-state index in [1.807, 2.05) is 11.8 Å². The predicted octanol–water partition coefficient (Wildman–Crippen LogP) is 5.91. The van der Waals surface area contributed by atoms with Gasteiger partial charge >= 0.3 is 0 Å². The van der Waals surface area contributed by atoms with Gasteiger partial charge in [0.25, 0.3) is 0 Å². The Kier molecular flexibility index (Phi) is 4.99. The van der Waals surface area contributed by atoms with Gasteiger partial charge in [-0.15, -0.1) is 0 Å². The standard InChI is InChI=1S/C16H25BrS/c1-15(2,3)12-8-11(10-18-7)14(17)13(9-12)16(4,5)6/h8-9H,10H2,1-7H3. The molecule has 0 aliphatic rings. The Balaban J connectivity index is 3.47. The van der Waals surface area contributed by atoms with Crippen LogP contribution in [0.15, 0.2) is 16.6 Å². The molecule has 0 saturated heterocycles. The van der Waals surface area contributed by atoms with Crippen molar-refractivity contribution in [2.45, 2.75) is 58.1 Å². The van der Waals surface area contributed by atoms with E-state index in [2.05, 4.69) is 75.9 Å². The van der Waals surface area contributed by atoms with Crippen LogP contribution in [0.5, 0.6) is 0 Å². The van der Waals surface area contributed by atoms with Gasteiger partial charge in [0.2, 0.25) is 0 Å². The van der Waals surface area contributed by atoms with Crippen molar-refractivity contribution in [1.82, 2.24) is 0 Å². The summed E-state index contributed by atoms with van der Waals surface area (Å²) in [6.07, 6.45) is 2.16. The molecular weight excluding hydrogens is 304 g/mol. The minimum atomic E-state index is 0.174. The van der Waals surface area contributed by atoms with Gasteiger partial charge in [-0.3, -0.25) is 0 Å². The molecule has 0 heterocycles. The number of benzene rings is 1. The van der Waals surface area contributed by atoms with Crippen LogP contribution in [0.1, 0.15) is 58.2 Å². The van der Waals surface area contributed by atoms with E-state index in [1.165, 1.54) is 21.2 Å². The zero-order valence-corrected chi connectivity index (χ0v) is 15.1. The summed E-state index contributed by atoms with van der Waals surface area (Å²) >= 11 is 5.68. The highest BCUT2D eigenvalue weighted by Crippen LogP contribution is 2.37. The monoisotopic (exact) mass is 328 g/mol. The van der Waals surface area contributed by atoms with Crippen LogP contribution in [0.25, 0.3) is 0 Å². The quantitative estimate of drug-likeness (QED) is 0.650. The Morgan fingerprint density at radius 2 is 1.56 bits per heavy atom. The lowest BCUT2D eigenvalue weighted by Crippen LogP contribution is -2.18. The largest absolute Gasteiger partial charge is 0.161 e. The molecule has 0 atom stereocenters. The van der Waals surface area contributed by atoms with Crippen molar-refractivity contribution in [2.75, 3.05) is 6.26 Å². The highest BCUT2D eigenvalue weighted by atomic mass is 79.9. The lowest BCUT2D eigenvalue weighted by molar-refractivity contribution is 0.565. The zero-order valence-electron chi connectivity index (χ0n) is 12.6. The molecule has 0 aliphatic carbocycles. The summed E-state index contributed by atoms with van der Waals surface area (Å²) in [5.41, 5.74) is 4.64. The van der Waals surface area contributed by atoms with Crippen molar-refractivity contribution >= 4 is 27.7 Å². The summed E-state index contributed by atoms with van der Waals surface area (Å²) in [5.74, 6) is 1.06. The normalized spacial score (nSPS) is 12.9. The van der Waals surface area contributed by atoms with E-state index in [0.717, 1.165) is 5.75 Å². The average molecular weight is 329 g/mol. The molecule has 1 aromatic carbocycles. The van der Waals surface area contributed by atoms with Crippen molar-refractivity contribution in [1.29, 1.82) is 0 Å². The third-order valence-electron chi connectivity index (χ3n) is 3.12. The molecule has 0 amide bonds. The minimum Gasteiger partial charge on any atom is -0.161 e. The number of thioether (sulfide) groups is 1. The van der Waals surface area contributed by atoms with E-state index in [9.17, 15) is 0 Å². The minimum absolute atomic E-state index is 0.174. The van der Waals surface area contributed by atoms with Crippen LogP contribution in [0.4, 0.5) is 0 Å². The SMILES string of the molecule is CSCc1cc(C(C)(C)C)cc(C(C)(C)C)c1Br. The molecule has 0 bridgehead atoms. The van der Waals surface area contributed by atoms with Crippen LogP contribution < -0.4 is 0 Å². The average Bonchev–Trinajstić information content (AvgIpc) is 2.17. The van der Waals surface area contributed by atoms with Gasteiger partial charge in [-0.25, -0.2) is 0 Å². The number of hydrogen-bond acceptors (Lipinski definition) is 1. The van der Waals surface area contributed by atoms with Crippen LogP contribution >= 0.6 is 27.7 Å². The first-order valence-corrected chi connectivity index (χ1v) is 8.58. The molecule has 1 aromatic rings. The fraction of sp³-hybridized carbons (Fsp3) is 0.625. The molecule has 0 radical (unpaired) electrons. The fourth-order valence-corrected chi connectivity index (χ4v) is 3.61. The van der Waals surface area contributed by atoms with Gasteiger partial charge in [-0.05, 0) is 33.8 Å². The molecule has 0 aliphatic heterocycles. The van der Waals surface area contributed by atoms with Crippen LogP contribution in [-0.4, -0.2) is 6.26 Å². The fourth-order valence-electron chi connectivity index (χ4n) is 1.92. The molecule has 1 rings (SSSR count). The van der Waals surface area contributed by atoms with Crippen LogP contribution in [0.2, 0.25) is 0 Å². The highest BCUT2D eigenvalue weighted by molar-refractivity contribution is 9.10. The predicted molar refractivity (Wildman–Crippen MR) is 88.8 cm³/mol. The van der Waals surface area contributed by atoms with Gasteiger partial charge < -0.3 is 0 Å². The zero-order chi connectivity index (χ0) is 14.1. The third kappa shape index (κ3) is 3.77.